The number of hydrogen-bond acceptors (Lipinski definition) is 3. The van der Waals surface area contributed by atoms with Crippen molar-refractivity contribution >= 4 is 23.2 Å². The van der Waals surface area contributed by atoms with Gasteiger partial charge >= 0.3 is 0 Å². The van der Waals surface area contributed by atoms with Gasteiger partial charge in [0.25, 0.3) is 5.56 Å². The van der Waals surface area contributed by atoms with Gasteiger partial charge < -0.3 is 9.67 Å². The summed E-state index contributed by atoms with van der Waals surface area (Å²) < 4.78 is 1.38. The Morgan fingerprint density at radius 3 is 2.76 bits per heavy atom. The number of aromatic hydroxyl groups is 1. The summed E-state index contributed by atoms with van der Waals surface area (Å²) in [5.74, 6) is -0.220. The average molecular weight is 271 g/mol. The van der Waals surface area contributed by atoms with E-state index in [1.54, 1.807) is 18.3 Å². The lowest BCUT2D eigenvalue weighted by atomic mass is 10.3. The molecule has 6 heteroatoms. The van der Waals surface area contributed by atoms with E-state index in [0.29, 0.717) is 11.7 Å². The van der Waals surface area contributed by atoms with Gasteiger partial charge in [-0.15, -0.1) is 0 Å². The number of nitrogens with zero attached hydrogens (tertiary/aromatic N) is 2. The van der Waals surface area contributed by atoms with Crippen LogP contribution in [-0.2, 0) is 6.54 Å². The van der Waals surface area contributed by atoms with E-state index >= 15 is 0 Å². The molecule has 2 heterocycles. The highest BCUT2D eigenvalue weighted by atomic mass is 35.5. The van der Waals surface area contributed by atoms with E-state index in [4.69, 9.17) is 23.2 Å². The Balaban J connectivity index is 2.33. The van der Waals surface area contributed by atoms with Crippen LogP contribution in [0.1, 0.15) is 5.56 Å². The summed E-state index contributed by atoms with van der Waals surface area (Å²) in [5.41, 5.74) is 0.486. The normalized spacial score (nSPS) is 10.5. The van der Waals surface area contributed by atoms with Crippen LogP contribution in [0.5, 0.6) is 5.75 Å². The van der Waals surface area contributed by atoms with E-state index in [0.717, 1.165) is 11.6 Å². The zero-order chi connectivity index (χ0) is 12.4. The summed E-state index contributed by atoms with van der Waals surface area (Å²) >= 11 is 11.4. The number of rotatable bonds is 2. The first kappa shape index (κ1) is 12.0. The SMILES string of the molecule is O=c1cc(O)c(Cl)cn1Cc1ccc(Cl)nc1. The molecule has 0 saturated heterocycles. The van der Waals surface area contributed by atoms with Gasteiger partial charge in [0.15, 0.2) is 0 Å². The molecule has 0 aromatic carbocycles. The average Bonchev–Trinajstić information content (AvgIpc) is 2.29. The van der Waals surface area contributed by atoms with Crippen LogP contribution >= 0.6 is 23.2 Å². The number of pyridine rings is 2. The zero-order valence-electron chi connectivity index (χ0n) is 8.60. The second-order valence-corrected chi connectivity index (χ2v) is 4.26. The minimum atomic E-state index is -0.332. The molecule has 0 spiro atoms. The minimum Gasteiger partial charge on any atom is -0.506 e. The lowest BCUT2D eigenvalue weighted by Gasteiger charge is -2.06. The molecule has 0 amide bonds. The maximum atomic E-state index is 11.6. The molecule has 0 unspecified atom stereocenters. The largest absolute Gasteiger partial charge is 0.506 e. The molecule has 1 N–H and O–H groups in total. The fourth-order valence-electron chi connectivity index (χ4n) is 1.36. The van der Waals surface area contributed by atoms with E-state index in [1.165, 1.54) is 10.8 Å². The molecule has 0 fully saturated rings. The molecule has 0 aliphatic carbocycles. The second kappa shape index (κ2) is 4.77. The Labute approximate surface area is 107 Å². The maximum Gasteiger partial charge on any atom is 0.254 e. The fourth-order valence-corrected chi connectivity index (χ4v) is 1.64. The van der Waals surface area contributed by atoms with Crippen molar-refractivity contribution in [3.05, 3.63) is 56.7 Å². The predicted molar refractivity (Wildman–Crippen MR) is 65.7 cm³/mol. The van der Waals surface area contributed by atoms with E-state index in [2.05, 4.69) is 4.98 Å². The molecule has 0 aliphatic rings. The lowest BCUT2D eigenvalue weighted by Crippen LogP contribution is -2.18. The molecule has 2 aromatic heterocycles. The molecule has 2 aromatic rings. The van der Waals surface area contributed by atoms with Gasteiger partial charge in [-0.05, 0) is 11.6 Å². The van der Waals surface area contributed by atoms with Crippen LogP contribution in [0, 0.1) is 0 Å². The Morgan fingerprint density at radius 2 is 2.12 bits per heavy atom. The lowest BCUT2D eigenvalue weighted by molar-refractivity contribution is 0.471. The van der Waals surface area contributed by atoms with Gasteiger partial charge in [-0.25, -0.2) is 4.98 Å². The molecule has 0 saturated carbocycles. The van der Waals surface area contributed by atoms with Gasteiger partial charge in [-0.1, -0.05) is 29.3 Å². The van der Waals surface area contributed by atoms with E-state index in [-0.39, 0.29) is 16.3 Å². The van der Waals surface area contributed by atoms with E-state index in [9.17, 15) is 9.90 Å². The Hall–Kier alpha value is -1.52. The maximum absolute atomic E-state index is 11.6. The second-order valence-electron chi connectivity index (χ2n) is 3.46. The Morgan fingerprint density at radius 1 is 1.35 bits per heavy atom. The zero-order valence-corrected chi connectivity index (χ0v) is 10.1. The highest BCUT2D eigenvalue weighted by Crippen LogP contribution is 2.19. The topological polar surface area (TPSA) is 55.1 Å². The Kier molecular flexibility index (Phi) is 3.36. The quantitative estimate of drug-likeness (QED) is 0.853. The first-order chi connectivity index (χ1) is 8.06. The molecule has 0 radical (unpaired) electrons. The van der Waals surface area contributed by atoms with Crippen LogP contribution in [0.4, 0.5) is 0 Å². The smallest absolute Gasteiger partial charge is 0.254 e. The van der Waals surface area contributed by atoms with Crippen molar-refractivity contribution in [3.63, 3.8) is 0 Å². The third-order valence-corrected chi connectivity index (χ3v) is 2.71. The van der Waals surface area contributed by atoms with Crippen LogP contribution < -0.4 is 5.56 Å². The van der Waals surface area contributed by atoms with Gasteiger partial charge in [0.05, 0.1) is 11.6 Å². The molecule has 0 bridgehead atoms. The molecule has 0 atom stereocenters. The third-order valence-electron chi connectivity index (χ3n) is 2.20. The molecule has 17 heavy (non-hydrogen) atoms. The Bertz CT molecular complexity index is 593. The molecule has 4 nitrogen and oxygen atoms in total. The molecule has 2 rings (SSSR count). The van der Waals surface area contributed by atoms with Crippen molar-refractivity contribution in [2.75, 3.05) is 0 Å². The summed E-state index contributed by atoms with van der Waals surface area (Å²) in [6.45, 7) is 0.322. The number of aromatic nitrogens is 2. The van der Waals surface area contributed by atoms with Gasteiger partial charge in [-0.3, -0.25) is 4.79 Å². The summed E-state index contributed by atoms with van der Waals surface area (Å²) in [5, 5.41) is 9.78. The van der Waals surface area contributed by atoms with E-state index in [1.807, 2.05) is 0 Å². The van der Waals surface area contributed by atoms with Gasteiger partial charge in [0, 0.05) is 18.5 Å². The number of hydrogen-bond donors (Lipinski definition) is 1. The van der Waals surface area contributed by atoms with Gasteiger partial charge in [0.1, 0.15) is 10.9 Å². The van der Waals surface area contributed by atoms with Crippen molar-refractivity contribution < 1.29 is 5.11 Å². The van der Waals surface area contributed by atoms with Gasteiger partial charge in [0.2, 0.25) is 0 Å². The summed E-state index contributed by atoms with van der Waals surface area (Å²) in [6, 6.07) is 4.48. The first-order valence-electron chi connectivity index (χ1n) is 4.75. The van der Waals surface area contributed by atoms with Crippen molar-refractivity contribution in [1.82, 2.24) is 9.55 Å². The summed E-state index contributed by atoms with van der Waals surface area (Å²) in [6.07, 6.45) is 2.96. The monoisotopic (exact) mass is 270 g/mol. The standard InChI is InChI=1S/C11H8Cl2N2O2/c12-8-6-15(11(17)3-9(8)16)5-7-1-2-10(13)14-4-7/h1-4,6,16H,5H2. The van der Waals surface area contributed by atoms with Gasteiger partial charge in [-0.2, -0.15) is 0 Å². The van der Waals surface area contributed by atoms with Crippen LogP contribution in [0.15, 0.2) is 35.4 Å². The van der Waals surface area contributed by atoms with Crippen molar-refractivity contribution in [2.45, 2.75) is 6.54 Å². The fraction of sp³-hybridized carbons (Fsp3) is 0.0909. The summed E-state index contributed by atoms with van der Waals surface area (Å²) in [4.78, 5) is 15.5. The predicted octanol–water partition coefficient (Wildman–Crippen LogP) is 2.30. The molecule has 88 valence electrons. The van der Waals surface area contributed by atoms with Crippen LogP contribution in [0.25, 0.3) is 0 Å². The van der Waals surface area contributed by atoms with Crippen molar-refractivity contribution in [2.24, 2.45) is 0 Å². The minimum absolute atomic E-state index is 0.131. The van der Waals surface area contributed by atoms with Crippen LogP contribution in [0.3, 0.4) is 0 Å². The van der Waals surface area contributed by atoms with E-state index < -0.39 is 0 Å². The number of halogens is 2. The summed E-state index contributed by atoms with van der Waals surface area (Å²) in [7, 11) is 0. The van der Waals surface area contributed by atoms with Crippen molar-refractivity contribution in [3.8, 4) is 5.75 Å². The highest BCUT2D eigenvalue weighted by Gasteiger charge is 2.04. The molecule has 0 aliphatic heterocycles. The highest BCUT2D eigenvalue weighted by molar-refractivity contribution is 6.31. The van der Waals surface area contributed by atoms with Crippen LogP contribution in [0.2, 0.25) is 10.2 Å². The third kappa shape index (κ3) is 2.78. The van der Waals surface area contributed by atoms with Crippen molar-refractivity contribution in [1.29, 1.82) is 0 Å². The van der Waals surface area contributed by atoms with Crippen LogP contribution in [-0.4, -0.2) is 14.7 Å². The molecular weight excluding hydrogens is 263 g/mol. The first-order valence-corrected chi connectivity index (χ1v) is 5.51. The molecular formula is C11H8Cl2N2O2.